The SMILES string of the molecule is CC[C@@H](CCOC)[C@@H](Oc1ccccc1)[C@H](C)OC(=O)[C@H](C)NC(=O)c1nccc(OC)c1OC(C)=O. The number of benzene rings is 1. The van der Waals surface area contributed by atoms with Crippen LogP contribution in [0.1, 0.15) is 51.0 Å². The first kappa shape index (κ1) is 29.6. The van der Waals surface area contributed by atoms with Crippen molar-refractivity contribution in [2.45, 2.75) is 58.8 Å². The van der Waals surface area contributed by atoms with Crippen molar-refractivity contribution in [3.05, 3.63) is 48.3 Å². The molecule has 2 aromatic rings. The fraction of sp³-hybridized carbons (Fsp3) is 0.481. The maximum absolute atomic E-state index is 12.9. The molecule has 0 radical (unpaired) electrons. The van der Waals surface area contributed by atoms with Crippen LogP contribution in [0.25, 0.3) is 0 Å². The van der Waals surface area contributed by atoms with E-state index in [2.05, 4.69) is 10.3 Å². The molecule has 2 rings (SSSR count). The molecule has 0 unspecified atom stereocenters. The Kier molecular flexibility index (Phi) is 11.8. The monoisotopic (exact) mass is 516 g/mol. The largest absolute Gasteiger partial charge is 0.493 e. The Morgan fingerprint density at radius 2 is 1.76 bits per heavy atom. The lowest BCUT2D eigenvalue weighted by Gasteiger charge is -2.32. The lowest BCUT2D eigenvalue weighted by molar-refractivity contribution is -0.156. The van der Waals surface area contributed by atoms with Crippen LogP contribution in [0.15, 0.2) is 42.6 Å². The highest BCUT2D eigenvalue weighted by Gasteiger charge is 2.32. The fourth-order valence-electron chi connectivity index (χ4n) is 3.77. The number of aromatic nitrogens is 1. The van der Waals surface area contributed by atoms with Crippen molar-refractivity contribution in [1.29, 1.82) is 0 Å². The molecule has 1 N–H and O–H groups in total. The average molecular weight is 517 g/mol. The van der Waals surface area contributed by atoms with Gasteiger partial charge >= 0.3 is 11.9 Å². The maximum Gasteiger partial charge on any atom is 0.328 e. The molecular weight excluding hydrogens is 480 g/mol. The number of esters is 2. The van der Waals surface area contributed by atoms with Crippen LogP contribution in [0.5, 0.6) is 17.2 Å². The summed E-state index contributed by atoms with van der Waals surface area (Å²) in [7, 11) is 3.01. The molecule has 0 aliphatic carbocycles. The third-order valence-electron chi connectivity index (χ3n) is 5.71. The molecule has 10 nitrogen and oxygen atoms in total. The van der Waals surface area contributed by atoms with Gasteiger partial charge in [0.15, 0.2) is 11.4 Å². The normalized spacial score (nSPS) is 14.0. The van der Waals surface area contributed by atoms with Gasteiger partial charge in [-0.25, -0.2) is 9.78 Å². The van der Waals surface area contributed by atoms with E-state index in [0.29, 0.717) is 12.4 Å². The van der Waals surface area contributed by atoms with E-state index in [1.54, 1.807) is 14.0 Å². The lowest BCUT2D eigenvalue weighted by Crippen LogP contribution is -2.45. The van der Waals surface area contributed by atoms with Crippen molar-refractivity contribution >= 4 is 17.8 Å². The van der Waals surface area contributed by atoms with Crippen LogP contribution >= 0.6 is 0 Å². The number of nitrogens with zero attached hydrogens (tertiary/aromatic N) is 1. The van der Waals surface area contributed by atoms with Crippen molar-refractivity contribution < 1.29 is 38.1 Å². The van der Waals surface area contributed by atoms with Crippen LogP contribution in [-0.4, -0.2) is 61.9 Å². The second-order valence-electron chi connectivity index (χ2n) is 8.47. The molecule has 1 heterocycles. The summed E-state index contributed by atoms with van der Waals surface area (Å²) in [4.78, 5) is 41.4. The first-order chi connectivity index (χ1) is 17.7. The summed E-state index contributed by atoms with van der Waals surface area (Å²) in [6, 6.07) is 9.74. The quantitative estimate of drug-likeness (QED) is 0.375. The summed E-state index contributed by atoms with van der Waals surface area (Å²) in [5, 5.41) is 2.55. The van der Waals surface area contributed by atoms with Crippen LogP contribution in [0.2, 0.25) is 0 Å². The van der Waals surface area contributed by atoms with Crippen LogP contribution in [-0.2, 0) is 19.1 Å². The van der Waals surface area contributed by atoms with E-state index in [-0.39, 0.29) is 23.1 Å². The Bertz CT molecular complexity index is 1030. The smallest absolute Gasteiger partial charge is 0.328 e. The molecule has 0 bridgehead atoms. The number of carbonyl (C=O) groups is 3. The fourth-order valence-corrected chi connectivity index (χ4v) is 3.77. The zero-order valence-electron chi connectivity index (χ0n) is 22.2. The number of rotatable bonds is 14. The third-order valence-corrected chi connectivity index (χ3v) is 5.71. The Labute approximate surface area is 217 Å². The molecular formula is C27H36N2O8. The van der Waals surface area contributed by atoms with Crippen molar-refractivity contribution in [1.82, 2.24) is 10.3 Å². The highest BCUT2D eigenvalue weighted by molar-refractivity contribution is 5.98. The Balaban J connectivity index is 2.15. The van der Waals surface area contributed by atoms with E-state index in [4.69, 9.17) is 23.7 Å². The number of carbonyl (C=O) groups excluding carboxylic acids is 3. The molecule has 0 saturated carbocycles. The van der Waals surface area contributed by atoms with E-state index >= 15 is 0 Å². The van der Waals surface area contributed by atoms with Crippen molar-refractivity contribution in [2.24, 2.45) is 5.92 Å². The molecule has 4 atom stereocenters. The second kappa shape index (κ2) is 14.8. The van der Waals surface area contributed by atoms with Gasteiger partial charge in [-0.15, -0.1) is 0 Å². The van der Waals surface area contributed by atoms with E-state index in [9.17, 15) is 14.4 Å². The van der Waals surface area contributed by atoms with Gasteiger partial charge in [0.2, 0.25) is 5.75 Å². The molecule has 1 amide bonds. The molecule has 10 heteroatoms. The molecule has 1 aromatic carbocycles. The van der Waals surface area contributed by atoms with Gasteiger partial charge in [0.25, 0.3) is 5.91 Å². The summed E-state index contributed by atoms with van der Waals surface area (Å²) in [6.45, 7) is 7.03. The van der Waals surface area contributed by atoms with E-state index in [0.717, 1.165) is 12.8 Å². The van der Waals surface area contributed by atoms with Crippen LogP contribution < -0.4 is 19.5 Å². The molecule has 0 aliphatic heterocycles. The number of ether oxygens (including phenoxy) is 5. The van der Waals surface area contributed by atoms with Crippen LogP contribution in [0, 0.1) is 5.92 Å². The third kappa shape index (κ3) is 8.75. The Morgan fingerprint density at radius 3 is 2.35 bits per heavy atom. The molecule has 0 spiro atoms. The molecule has 1 aromatic heterocycles. The predicted octanol–water partition coefficient (Wildman–Crippen LogP) is 3.58. The Morgan fingerprint density at radius 1 is 1.05 bits per heavy atom. The first-order valence-electron chi connectivity index (χ1n) is 12.1. The number of amides is 1. The number of pyridine rings is 1. The van der Waals surface area contributed by atoms with Gasteiger partial charge in [0, 0.05) is 38.8 Å². The Hall–Kier alpha value is -3.66. The summed E-state index contributed by atoms with van der Waals surface area (Å²) >= 11 is 0. The summed E-state index contributed by atoms with van der Waals surface area (Å²) in [5.74, 6) is -1.29. The first-order valence-corrected chi connectivity index (χ1v) is 12.1. The molecule has 0 saturated heterocycles. The summed E-state index contributed by atoms with van der Waals surface area (Å²) < 4.78 is 27.5. The minimum absolute atomic E-state index is 0.0557. The van der Waals surface area contributed by atoms with Gasteiger partial charge in [-0.2, -0.15) is 0 Å². The van der Waals surface area contributed by atoms with Gasteiger partial charge in [-0.3, -0.25) is 9.59 Å². The number of para-hydroxylation sites is 1. The van der Waals surface area contributed by atoms with E-state index in [1.165, 1.54) is 33.2 Å². The molecule has 0 aliphatic rings. The second-order valence-corrected chi connectivity index (χ2v) is 8.47. The van der Waals surface area contributed by atoms with Gasteiger partial charge < -0.3 is 29.0 Å². The van der Waals surface area contributed by atoms with Crippen LogP contribution in [0.4, 0.5) is 0 Å². The number of nitrogens with one attached hydrogen (secondary N) is 1. The average Bonchev–Trinajstić information content (AvgIpc) is 2.88. The standard InChI is InChI=1S/C27H36N2O8/c1-7-20(14-16-33-5)24(37-21-11-9-8-10-12-21)18(3)35-27(32)17(2)29-26(31)23-25(36-19(4)30)22(34-6)13-15-28-23/h8-13,15,17-18,20,24H,7,14,16H2,1-6H3,(H,29,31)/t17-,18-,20-,24-/m0/s1. The molecule has 0 fully saturated rings. The number of hydrogen-bond donors (Lipinski definition) is 1. The minimum atomic E-state index is -1.02. The van der Waals surface area contributed by atoms with E-state index in [1.807, 2.05) is 37.3 Å². The van der Waals surface area contributed by atoms with Crippen molar-refractivity contribution in [3.63, 3.8) is 0 Å². The minimum Gasteiger partial charge on any atom is -0.493 e. The summed E-state index contributed by atoms with van der Waals surface area (Å²) in [5.41, 5.74) is -0.196. The number of hydrogen-bond acceptors (Lipinski definition) is 9. The van der Waals surface area contributed by atoms with Gasteiger partial charge in [-0.05, 0) is 38.8 Å². The molecule has 202 valence electrons. The lowest BCUT2D eigenvalue weighted by atomic mass is 9.92. The highest BCUT2D eigenvalue weighted by atomic mass is 16.6. The highest BCUT2D eigenvalue weighted by Crippen LogP contribution is 2.30. The van der Waals surface area contributed by atoms with Crippen LogP contribution in [0.3, 0.4) is 0 Å². The van der Waals surface area contributed by atoms with Crippen molar-refractivity contribution in [2.75, 3.05) is 20.8 Å². The van der Waals surface area contributed by atoms with Gasteiger partial charge in [0.1, 0.15) is 24.0 Å². The number of methoxy groups -OCH3 is 2. The van der Waals surface area contributed by atoms with Crippen molar-refractivity contribution in [3.8, 4) is 17.2 Å². The zero-order valence-corrected chi connectivity index (χ0v) is 22.2. The molecule has 37 heavy (non-hydrogen) atoms. The summed E-state index contributed by atoms with van der Waals surface area (Å²) in [6.07, 6.45) is 1.78. The van der Waals surface area contributed by atoms with E-state index < -0.39 is 36.1 Å². The topological polar surface area (TPSA) is 122 Å². The zero-order chi connectivity index (χ0) is 27.4. The van der Waals surface area contributed by atoms with Gasteiger partial charge in [0.05, 0.1) is 7.11 Å². The van der Waals surface area contributed by atoms with Gasteiger partial charge in [-0.1, -0.05) is 25.1 Å². The predicted molar refractivity (Wildman–Crippen MR) is 136 cm³/mol. The maximum atomic E-state index is 12.9.